The van der Waals surface area contributed by atoms with Crippen molar-refractivity contribution in [2.45, 2.75) is 309 Å². The molecule has 76 heavy (non-hydrogen) atoms. The summed E-state index contributed by atoms with van der Waals surface area (Å²) in [7, 11) is 1.18. The van der Waals surface area contributed by atoms with E-state index in [9.17, 15) is 19.0 Å². The second-order valence-electron chi connectivity index (χ2n) is 22.9. The maximum atomic E-state index is 13.5. The monoisotopic (exact) mass is 1090 g/mol. The van der Waals surface area contributed by atoms with Crippen molar-refractivity contribution in [1.29, 1.82) is 0 Å². The Labute approximate surface area is 471 Å². The number of likely N-dealkylation sites (N-methyl/N-ethyl adjacent to an activating group) is 1. The van der Waals surface area contributed by atoms with Crippen LogP contribution in [0.25, 0.3) is 0 Å². The molecule has 9 nitrogen and oxygen atoms in total. The summed E-state index contributed by atoms with van der Waals surface area (Å²) in [6, 6.07) is -0.892. The number of carbonyl (C=O) groups is 2. The normalized spacial score (nSPS) is 14.0. The first-order valence-corrected chi connectivity index (χ1v) is 33.6. The second-order valence-corrected chi connectivity index (χ2v) is 24.3. The molecule has 1 amide bonds. The summed E-state index contributed by atoms with van der Waals surface area (Å²) >= 11 is 0. The summed E-state index contributed by atoms with van der Waals surface area (Å²) in [5.74, 6) is -0.544. The zero-order valence-electron chi connectivity index (χ0n) is 50.7. The highest BCUT2D eigenvalue weighted by molar-refractivity contribution is 7.45. The number of allylic oxidation sites excluding steroid dienone is 9. The number of ether oxygens (including phenoxy) is 1. The van der Waals surface area contributed by atoms with Gasteiger partial charge in [0.25, 0.3) is 7.82 Å². The molecule has 10 heteroatoms. The number of quaternary nitrogens is 1. The lowest BCUT2D eigenvalue weighted by Gasteiger charge is -2.30. The minimum Gasteiger partial charge on any atom is -0.756 e. The number of esters is 1. The van der Waals surface area contributed by atoms with Crippen LogP contribution in [0.4, 0.5) is 0 Å². The molecule has 444 valence electrons. The molecule has 1 N–H and O–H groups in total. The van der Waals surface area contributed by atoms with Crippen molar-refractivity contribution in [1.82, 2.24) is 5.32 Å². The number of amides is 1. The van der Waals surface area contributed by atoms with Crippen molar-refractivity contribution in [3.05, 3.63) is 60.8 Å². The summed E-state index contributed by atoms with van der Waals surface area (Å²) in [6.45, 7) is 6.81. The molecule has 3 atom stereocenters. The predicted octanol–water partition coefficient (Wildman–Crippen LogP) is 19.2. The van der Waals surface area contributed by atoms with E-state index >= 15 is 0 Å². The molecule has 0 fully saturated rings. The Morgan fingerprint density at radius 1 is 0.461 bits per heavy atom. The zero-order chi connectivity index (χ0) is 55.7. The maximum absolute atomic E-state index is 13.5. The van der Waals surface area contributed by atoms with Crippen LogP contribution >= 0.6 is 7.82 Å². The van der Waals surface area contributed by atoms with Gasteiger partial charge in [-0.25, -0.2) is 0 Å². The van der Waals surface area contributed by atoms with E-state index in [0.717, 1.165) is 83.5 Å². The van der Waals surface area contributed by atoms with Crippen LogP contribution in [0.15, 0.2) is 60.8 Å². The number of phosphoric acid groups is 1. The second kappa shape index (κ2) is 56.0. The molecule has 0 aliphatic heterocycles. The van der Waals surface area contributed by atoms with Crippen LogP contribution < -0.4 is 10.2 Å². The summed E-state index contributed by atoms with van der Waals surface area (Å²) in [4.78, 5) is 40.0. The van der Waals surface area contributed by atoms with Gasteiger partial charge in [-0.2, -0.15) is 0 Å². The van der Waals surface area contributed by atoms with Crippen LogP contribution in [0.5, 0.6) is 0 Å². The lowest BCUT2D eigenvalue weighted by atomic mass is 10.0. The molecular formula is C66H123N2O7P. The maximum Gasteiger partial charge on any atom is 0.306 e. The minimum absolute atomic E-state index is 0.0243. The third kappa shape index (κ3) is 56.4. The van der Waals surface area contributed by atoms with Gasteiger partial charge < -0.3 is 28.5 Å². The van der Waals surface area contributed by atoms with Gasteiger partial charge >= 0.3 is 5.97 Å². The van der Waals surface area contributed by atoms with E-state index in [1.165, 1.54) is 180 Å². The largest absolute Gasteiger partial charge is 0.756 e. The highest BCUT2D eigenvalue weighted by Crippen LogP contribution is 2.38. The molecule has 0 saturated carbocycles. The molecule has 0 rings (SSSR count). The first-order chi connectivity index (χ1) is 36.9. The summed E-state index contributed by atoms with van der Waals surface area (Å²) in [5.41, 5.74) is 0. The molecule has 0 spiro atoms. The molecule has 0 aromatic heterocycles. The number of phosphoric ester groups is 1. The molecule has 0 aliphatic carbocycles. The number of rotatable bonds is 58. The van der Waals surface area contributed by atoms with Crippen molar-refractivity contribution in [2.24, 2.45) is 0 Å². The van der Waals surface area contributed by atoms with E-state index in [4.69, 9.17) is 13.8 Å². The summed E-state index contributed by atoms with van der Waals surface area (Å²) in [5, 5.41) is 3.03. The van der Waals surface area contributed by atoms with Crippen LogP contribution in [0.3, 0.4) is 0 Å². The number of unbranched alkanes of at least 4 members (excludes halogenated alkanes) is 34. The van der Waals surface area contributed by atoms with Crippen molar-refractivity contribution in [3.8, 4) is 0 Å². The average molecular weight is 1090 g/mol. The lowest BCUT2D eigenvalue weighted by Crippen LogP contribution is -2.47. The molecule has 0 bridgehead atoms. The van der Waals surface area contributed by atoms with E-state index in [1.54, 1.807) is 0 Å². The number of hydrogen-bond donors (Lipinski definition) is 1. The van der Waals surface area contributed by atoms with Gasteiger partial charge in [-0.1, -0.05) is 249 Å². The average Bonchev–Trinajstić information content (AvgIpc) is 3.38. The number of nitrogens with zero attached hydrogens (tertiary/aromatic N) is 1. The van der Waals surface area contributed by atoms with Crippen LogP contribution in [0, 0.1) is 0 Å². The highest BCUT2D eigenvalue weighted by atomic mass is 31.2. The van der Waals surface area contributed by atoms with Crippen molar-refractivity contribution in [3.63, 3.8) is 0 Å². The Morgan fingerprint density at radius 3 is 1.25 bits per heavy atom. The molecular weight excluding hydrogens is 964 g/mol. The number of hydrogen-bond acceptors (Lipinski definition) is 7. The van der Waals surface area contributed by atoms with Crippen molar-refractivity contribution in [2.75, 3.05) is 40.9 Å². The number of nitrogens with one attached hydrogen (secondary N) is 1. The fraction of sp³-hybridized carbons (Fsp3) is 0.818. The van der Waals surface area contributed by atoms with Crippen molar-refractivity contribution >= 4 is 19.7 Å². The third-order valence-corrected chi connectivity index (χ3v) is 15.1. The SMILES string of the molecule is CCCCC/C=C\C/C=C\C/C=C\CCCCCCCCCCCCC(=O)OC(/C=C\CCCCCCCCCCCC)C(COP(=O)([O-])OCC[N+](C)(C)C)NC(=O)CCCCCCCCC/C=C\CCCCCC. The van der Waals surface area contributed by atoms with E-state index in [2.05, 4.69) is 74.7 Å². The Kier molecular flexibility index (Phi) is 54.3. The standard InChI is InChI=1S/C66H123N2O7P/c1-7-10-13-16-19-22-25-28-30-31-32-33-34-35-36-37-39-41-44-47-50-53-56-59-66(70)75-64(57-54-51-48-45-42-27-24-21-18-15-12-9-3)63(62-74-76(71,72)73-61-60-68(4,5)6)67-65(69)58-55-52-49-46-43-40-38-29-26-23-20-17-14-11-8-2/h19,22-23,26,28,30,32-33,54,57,63-64H,7-18,20-21,24-25,27,29,31,34-53,55-56,58-62H2,1-6H3,(H-,67,69,71,72)/b22-19-,26-23-,30-28-,33-32-,57-54-. The Morgan fingerprint density at radius 2 is 0.803 bits per heavy atom. The van der Waals surface area contributed by atoms with Gasteiger partial charge in [0.1, 0.15) is 19.3 Å². The van der Waals surface area contributed by atoms with Crippen LogP contribution in [-0.4, -0.2) is 69.4 Å². The smallest absolute Gasteiger partial charge is 0.306 e. The van der Waals surface area contributed by atoms with Crippen LogP contribution in [0.1, 0.15) is 297 Å². The predicted molar refractivity (Wildman–Crippen MR) is 325 cm³/mol. The molecule has 0 saturated heterocycles. The lowest BCUT2D eigenvalue weighted by molar-refractivity contribution is -0.870. The molecule has 0 aromatic carbocycles. The minimum atomic E-state index is -4.70. The van der Waals surface area contributed by atoms with Gasteiger partial charge in [-0.05, 0) is 96.0 Å². The first-order valence-electron chi connectivity index (χ1n) is 32.1. The van der Waals surface area contributed by atoms with E-state index in [1.807, 2.05) is 33.3 Å². The first kappa shape index (κ1) is 73.7. The van der Waals surface area contributed by atoms with E-state index < -0.39 is 26.6 Å². The summed E-state index contributed by atoms with van der Waals surface area (Å²) < 4.78 is 30.3. The van der Waals surface area contributed by atoms with Gasteiger partial charge in [0.05, 0.1) is 33.8 Å². The van der Waals surface area contributed by atoms with Gasteiger partial charge in [-0.15, -0.1) is 0 Å². The van der Waals surface area contributed by atoms with E-state index in [-0.39, 0.29) is 24.9 Å². The topological polar surface area (TPSA) is 114 Å². The third-order valence-electron chi connectivity index (χ3n) is 14.2. The van der Waals surface area contributed by atoms with Gasteiger partial charge in [0, 0.05) is 12.8 Å². The number of carbonyl (C=O) groups excluding carboxylic acids is 2. The quantitative estimate of drug-likeness (QED) is 0.0212. The fourth-order valence-corrected chi connectivity index (χ4v) is 9.89. The van der Waals surface area contributed by atoms with E-state index in [0.29, 0.717) is 17.4 Å². The van der Waals surface area contributed by atoms with Crippen LogP contribution in [-0.2, 0) is 27.9 Å². The van der Waals surface area contributed by atoms with Crippen LogP contribution in [0.2, 0.25) is 0 Å². The Hall–Kier alpha value is -2.29. The Balaban J connectivity index is 5.18. The Bertz CT molecular complexity index is 1490. The van der Waals surface area contributed by atoms with Gasteiger partial charge in [-0.3, -0.25) is 14.2 Å². The molecule has 0 aliphatic rings. The van der Waals surface area contributed by atoms with Gasteiger partial charge in [0.2, 0.25) is 5.91 Å². The fourth-order valence-electron chi connectivity index (χ4n) is 9.17. The zero-order valence-corrected chi connectivity index (χ0v) is 51.6. The molecule has 0 aromatic rings. The summed E-state index contributed by atoms with van der Waals surface area (Å²) in [6.07, 6.45) is 70.4. The van der Waals surface area contributed by atoms with Gasteiger partial charge in [0.15, 0.2) is 0 Å². The highest BCUT2D eigenvalue weighted by Gasteiger charge is 2.27. The molecule has 0 radical (unpaired) electrons. The van der Waals surface area contributed by atoms with Crippen molar-refractivity contribution < 1.29 is 37.3 Å². The molecule has 3 unspecified atom stereocenters. The molecule has 0 heterocycles.